The molecule has 0 fully saturated rings. The number of H-pyrrole nitrogens is 2. The normalized spacial score (nSPS) is 11.4. The summed E-state index contributed by atoms with van der Waals surface area (Å²) in [4.78, 5) is 45.6. The van der Waals surface area contributed by atoms with E-state index in [9.17, 15) is 0 Å². The molecule has 0 unspecified atom stereocenters. The third kappa shape index (κ3) is 15.1. The molecule has 0 amide bonds. The van der Waals surface area contributed by atoms with Gasteiger partial charge in [0, 0.05) is 78.8 Å². The number of fused-ring (bicyclic) bond motifs is 16. The van der Waals surface area contributed by atoms with Gasteiger partial charge >= 0.3 is 16.8 Å². The molecule has 8 aromatic carbocycles. The molecule has 507 valence electrons. The van der Waals surface area contributed by atoms with Crippen molar-refractivity contribution >= 4 is 105 Å². The van der Waals surface area contributed by atoms with Crippen LogP contribution in [-0.4, -0.2) is 51.0 Å². The van der Waals surface area contributed by atoms with Gasteiger partial charge in [-0.3, -0.25) is 0 Å². The predicted molar refractivity (Wildman–Crippen MR) is 422 cm³/mol. The van der Waals surface area contributed by atoms with Gasteiger partial charge in [0.15, 0.2) is 0 Å². The standard InChI is InChI=1S/2C44H30N4.2C2H4O2.Co/c2*1-5-13-30(14-6-1)41-39-26-25-36(47-39)28-35-22-21-33(45-35)27-34-23-24-37(46-34)29-40-42(31-15-7-2-8-16-31)43(32-17-9-3-10-18-32)44(41)48(40)38-19-11-4-12-20-38;2*1-2(3)4;/h2*1-29,45H;2*1H3,(H,3,4);/q;;;;+2/p-2. The van der Waals surface area contributed by atoms with Crippen LogP contribution in [0.1, 0.15) is 59.4 Å². The molecule has 4 aliphatic rings. The number of aliphatic carboxylic acids is 2. The third-order valence-electron chi connectivity index (χ3n) is 17.7. The zero-order valence-corrected chi connectivity index (χ0v) is 58.2. The van der Waals surface area contributed by atoms with Crippen LogP contribution in [0, 0.1) is 0 Å². The largest absolute Gasteiger partial charge is 2.00 e. The average Bonchev–Trinajstić information content (AvgIpc) is 1.58. The number of aromatic nitrogens is 8. The molecule has 4 aliphatic heterocycles. The van der Waals surface area contributed by atoms with Gasteiger partial charge in [0.25, 0.3) is 0 Å². The fourth-order valence-electron chi connectivity index (χ4n) is 13.6. The van der Waals surface area contributed by atoms with E-state index in [0.717, 1.165) is 182 Å². The molecular formula is C92H66CoN8O4. The van der Waals surface area contributed by atoms with Crippen molar-refractivity contribution in [3.63, 3.8) is 0 Å². The van der Waals surface area contributed by atoms with E-state index in [0.29, 0.717) is 0 Å². The SMILES string of the molecule is C1=Cc2cc3c(-c4ccccc4)c(-c4ccccc4)c(c(-c4ccccc4)c4nc(cc5ccc(cc1n2)[nH]5)C=C4)n3-c1ccccc1.C1=Cc2cc3c(-c4ccccc4)c(-c4ccccc4)c(c(-c4ccccc4)c4nc(cc5ccc(cc1n2)[nH]5)C=C4)n3-c1ccccc1.CC(=O)[O-].CC(=O)[O-].[Co+2]. The van der Waals surface area contributed by atoms with Gasteiger partial charge in [-0.05, 0) is 181 Å². The van der Waals surface area contributed by atoms with E-state index in [1.165, 1.54) is 0 Å². The van der Waals surface area contributed by atoms with E-state index in [1.807, 2.05) is 0 Å². The average molecular weight is 1410 g/mol. The van der Waals surface area contributed by atoms with Crippen LogP contribution in [0.2, 0.25) is 0 Å². The van der Waals surface area contributed by atoms with Crippen molar-refractivity contribution in [3.05, 3.63) is 349 Å². The summed E-state index contributed by atoms with van der Waals surface area (Å²) < 4.78 is 4.82. The van der Waals surface area contributed by atoms with E-state index < -0.39 is 11.9 Å². The van der Waals surface area contributed by atoms with Crippen molar-refractivity contribution in [1.29, 1.82) is 0 Å². The van der Waals surface area contributed by atoms with Gasteiger partial charge in [-0.15, -0.1) is 0 Å². The summed E-state index contributed by atoms with van der Waals surface area (Å²) in [6.45, 7) is 1.94. The Labute approximate surface area is 617 Å². The number of benzene rings is 8. The van der Waals surface area contributed by atoms with Gasteiger partial charge in [0.2, 0.25) is 0 Å². The minimum atomic E-state index is -1.08. The number of hydrogen-bond acceptors (Lipinski definition) is 8. The molecule has 0 aliphatic carbocycles. The van der Waals surface area contributed by atoms with Gasteiger partial charge in [-0.2, -0.15) is 0 Å². The molecule has 0 atom stereocenters. The number of carbonyl (C=O) groups is 2. The first-order valence-electron chi connectivity index (χ1n) is 34.2. The quantitative estimate of drug-likeness (QED) is 0.151. The van der Waals surface area contributed by atoms with Gasteiger partial charge < -0.3 is 38.9 Å². The summed E-state index contributed by atoms with van der Waals surface area (Å²) in [5, 5.41) is 17.8. The second-order valence-electron chi connectivity index (χ2n) is 24.9. The number of nitrogens with zero attached hydrogens (tertiary/aromatic N) is 6. The second kappa shape index (κ2) is 31.1. The maximum atomic E-state index is 8.89. The Hall–Kier alpha value is -13.6. The van der Waals surface area contributed by atoms with E-state index in [-0.39, 0.29) is 16.8 Å². The minimum absolute atomic E-state index is 0. The number of rotatable bonds is 8. The summed E-state index contributed by atoms with van der Waals surface area (Å²) in [6.07, 6.45) is 16.9. The smallest absolute Gasteiger partial charge is 0.550 e. The summed E-state index contributed by atoms with van der Waals surface area (Å²) in [5.74, 6) is -2.17. The van der Waals surface area contributed by atoms with Crippen LogP contribution in [0.3, 0.4) is 0 Å². The Balaban J connectivity index is 0.000000159. The first-order valence-corrected chi connectivity index (χ1v) is 34.2. The van der Waals surface area contributed by atoms with Crippen LogP contribution in [0.5, 0.6) is 0 Å². The fraction of sp³-hybridized carbons (Fsp3) is 0.0217. The van der Waals surface area contributed by atoms with Gasteiger partial charge in [0.1, 0.15) is 0 Å². The summed E-state index contributed by atoms with van der Waals surface area (Å²) in [6, 6.07) is 107. The zero-order valence-electron chi connectivity index (χ0n) is 57.1. The number of carboxylic acid groups (broad SMARTS) is 2. The molecule has 12 nitrogen and oxygen atoms in total. The molecule has 6 aromatic heterocycles. The van der Waals surface area contributed by atoms with E-state index in [4.69, 9.17) is 39.7 Å². The summed E-state index contributed by atoms with van der Waals surface area (Å²) in [7, 11) is 0. The summed E-state index contributed by atoms with van der Waals surface area (Å²) in [5.41, 5.74) is 30.8. The molecule has 16 bridgehead atoms. The molecular weight excluding hydrogens is 1340 g/mol. The van der Waals surface area contributed by atoms with Crippen molar-refractivity contribution in [3.8, 4) is 78.1 Å². The Kier molecular flexibility index (Phi) is 20.3. The molecule has 105 heavy (non-hydrogen) atoms. The molecule has 0 spiro atoms. The third-order valence-corrected chi connectivity index (χ3v) is 17.7. The van der Waals surface area contributed by atoms with Gasteiger partial charge in [-0.1, -0.05) is 218 Å². The molecule has 2 N–H and O–H groups in total. The van der Waals surface area contributed by atoms with Crippen LogP contribution in [0.4, 0.5) is 0 Å². The number of para-hydroxylation sites is 2. The molecule has 13 heteroatoms. The molecule has 10 heterocycles. The fourth-order valence-corrected chi connectivity index (χ4v) is 13.6. The molecule has 18 rings (SSSR count). The van der Waals surface area contributed by atoms with E-state index in [1.54, 1.807) is 0 Å². The number of hydrogen-bond donors (Lipinski definition) is 2. The van der Waals surface area contributed by atoms with Crippen molar-refractivity contribution in [2.75, 3.05) is 0 Å². The van der Waals surface area contributed by atoms with Crippen molar-refractivity contribution in [2.45, 2.75) is 13.8 Å². The molecule has 0 saturated heterocycles. The predicted octanol–water partition coefficient (Wildman–Crippen LogP) is 19.7. The Bertz CT molecular complexity index is 5650. The zero-order chi connectivity index (χ0) is 70.9. The van der Waals surface area contributed by atoms with Crippen LogP contribution in [0.15, 0.2) is 303 Å². The second-order valence-corrected chi connectivity index (χ2v) is 24.9. The molecule has 0 saturated carbocycles. The van der Waals surface area contributed by atoms with Crippen molar-refractivity contribution in [2.24, 2.45) is 0 Å². The topological polar surface area (TPSA) is 173 Å². The van der Waals surface area contributed by atoms with Crippen LogP contribution >= 0.6 is 0 Å². The Morgan fingerprint density at radius 1 is 0.276 bits per heavy atom. The van der Waals surface area contributed by atoms with E-state index >= 15 is 0 Å². The molecule has 14 aromatic rings. The van der Waals surface area contributed by atoms with Crippen LogP contribution in [0.25, 0.3) is 171 Å². The monoisotopic (exact) mass is 1410 g/mol. The first kappa shape index (κ1) is 68.5. The maximum absolute atomic E-state index is 8.89. The van der Waals surface area contributed by atoms with Crippen LogP contribution < -0.4 is 10.2 Å². The maximum Gasteiger partial charge on any atom is 2.00 e. The number of carbonyl (C=O) groups excluding carboxylic acids is 2. The van der Waals surface area contributed by atoms with E-state index in [2.05, 4.69) is 371 Å². The Morgan fingerprint density at radius 3 is 0.771 bits per heavy atom. The summed E-state index contributed by atoms with van der Waals surface area (Å²) >= 11 is 0. The number of aromatic amines is 2. The Morgan fingerprint density at radius 2 is 0.495 bits per heavy atom. The van der Waals surface area contributed by atoms with Crippen molar-refractivity contribution < 1.29 is 36.6 Å². The number of nitrogens with one attached hydrogen (secondary N) is 2. The van der Waals surface area contributed by atoms with Gasteiger partial charge in [-0.25, -0.2) is 19.9 Å². The van der Waals surface area contributed by atoms with Crippen molar-refractivity contribution in [1.82, 2.24) is 39.0 Å². The first-order chi connectivity index (χ1) is 51.0. The van der Waals surface area contributed by atoms with Gasteiger partial charge in [0.05, 0.1) is 67.6 Å². The number of carboxylic acids is 2. The minimum Gasteiger partial charge on any atom is -0.550 e. The van der Waals surface area contributed by atoms with Crippen LogP contribution in [-0.2, 0) is 26.4 Å². The molecule has 1 radical (unpaired) electrons.